The van der Waals surface area contributed by atoms with Gasteiger partial charge in [0.25, 0.3) is 11.6 Å². The lowest BCUT2D eigenvalue weighted by Crippen LogP contribution is -2.29. The van der Waals surface area contributed by atoms with E-state index in [9.17, 15) is 14.9 Å². The van der Waals surface area contributed by atoms with Crippen molar-refractivity contribution in [3.8, 4) is 0 Å². The van der Waals surface area contributed by atoms with E-state index in [1.165, 1.54) is 18.2 Å². The fraction of sp³-hybridized carbons (Fsp3) is 0.364. The number of benzene rings is 1. The van der Waals surface area contributed by atoms with Crippen LogP contribution in [0, 0.1) is 10.1 Å². The topological polar surface area (TPSA) is 63.5 Å². The maximum atomic E-state index is 12.0. The highest BCUT2D eigenvalue weighted by Gasteiger charge is 2.32. The summed E-state index contributed by atoms with van der Waals surface area (Å²) in [6, 6.07) is 4.52. The van der Waals surface area contributed by atoms with E-state index in [0.29, 0.717) is 0 Å². The molecule has 5 nitrogen and oxygen atoms in total. The summed E-state index contributed by atoms with van der Waals surface area (Å²) in [5, 5.41) is 10.6. The molecule has 1 aliphatic carbocycles. The smallest absolute Gasteiger partial charge is 0.288 e. The average molecular weight is 255 g/mol. The standard InChI is InChI=1S/C11H11ClN2O3/c1-13(7-5-6-7)11(15)8-3-2-4-9(10(8)12)14(16)17/h2-4,7H,5-6H2,1H3. The predicted octanol–water partition coefficient (Wildman–Crippen LogP) is 2.48. The van der Waals surface area contributed by atoms with Crippen molar-refractivity contribution in [2.45, 2.75) is 18.9 Å². The molecule has 1 amide bonds. The minimum Gasteiger partial charge on any atom is -0.339 e. The van der Waals surface area contributed by atoms with Gasteiger partial charge in [0.05, 0.1) is 10.5 Å². The number of carbonyl (C=O) groups is 1. The molecule has 0 spiro atoms. The Hall–Kier alpha value is -1.62. The molecule has 6 heteroatoms. The van der Waals surface area contributed by atoms with E-state index in [0.717, 1.165) is 12.8 Å². The number of amides is 1. The van der Waals surface area contributed by atoms with E-state index in [1.54, 1.807) is 11.9 Å². The third kappa shape index (κ3) is 2.24. The summed E-state index contributed by atoms with van der Waals surface area (Å²) in [5.41, 5.74) is -0.0445. The van der Waals surface area contributed by atoms with Crippen LogP contribution in [0.5, 0.6) is 0 Å². The molecule has 1 aromatic carbocycles. The molecule has 0 radical (unpaired) electrons. The molecule has 1 saturated carbocycles. The van der Waals surface area contributed by atoms with Crippen molar-refractivity contribution in [1.82, 2.24) is 4.90 Å². The van der Waals surface area contributed by atoms with Gasteiger partial charge in [-0.05, 0) is 18.9 Å². The molecule has 0 aliphatic heterocycles. The first-order chi connectivity index (χ1) is 8.02. The Morgan fingerprint density at radius 3 is 2.71 bits per heavy atom. The second-order valence-corrected chi connectivity index (χ2v) is 4.42. The number of rotatable bonds is 3. The lowest BCUT2D eigenvalue weighted by Gasteiger charge is -2.16. The number of nitro benzene ring substituents is 1. The van der Waals surface area contributed by atoms with Gasteiger partial charge in [-0.1, -0.05) is 17.7 Å². The van der Waals surface area contributed by atoms with Gasteiger partial charge in [-0.15, -0.1) is 0 Å². The molecule has 0 unspecified atom stereocenters. The Labute approximate surface area is 103 Å². The van der Waals surface area contributed by atoms with Crippen LogP contribution in [0.2, 0.25) is 5.02 Å². The maximum absolute atomic E-state index is 12.0. The zero-order valence-corrected chi connectivity index (χ0v) is 9.98. The molecule has 0 saturated heterocycles. The zero-order chi connectivity index (χ0) is 12.6. The van der Waals surface area contributed by atoms with Crippen LogP contribution >= 0.6 is 11.6 Å². The first-order valence-electron chi connectivity index (χ1n) is 5.22. The van der Waals surface area contributed by atoms with Gasteiger partial charge in [0, 0.05) is 19.2 Å². The molecule has 0 aromatic heterocycles. The lowest BCUT2D eigenvalue weighted by molar-refractivity contribution is -0.384. The first-order valence-corrected chi connectivity index (χ1v) is 5.60. The van der Waals surface area contributed by atoms with Crippen molar-refractivity contribution in [2.24, 2.45) is 0 Å². The molecule has 0 bridgehead atoms. The normalized spacial score (nSPS) is 14.5. The first kappa shape index (κ1) is 11.9. The van der Waals surface area contributed by atoms with E-state index in [-0.39, 0.29) is 28.2 Å². The Morgan fingerprint density at radius 2 is 2.18 bits per heavy atom. The number of nitrogens with zero attached hydrogens (tertiary/aromatic N) is 2. The average Bonchev–Trinajstić information content (AvgIpc) is 3.11. The van der Waals surface area contributed by atoms with Gasteiger partial charge in [-0.3, -0.25) is 14.9 Å². The minimum absolute atomic E-state index is 0.0880. The second-order valence-electron chi connectivity index (χ2n) is 4.04. The van der Waals surface area contributed by atoms with Crippen molar-refractivity contribution in [3.63, 3.8) is 0 Å². The van der Waals surface area contributed by atoms with Crippen LogP contribution in [-0.2, 0) is 0 Å². The van der Waals surface area contributed by atoms with Gasteiger partial charge in [0.15, 0.2) is 0 Å². The molecule has 1 aromatic rings. The van der Waals surface area contributed by atoms with Crippen molar-refractivity contribution in [2.75, 3.05) is 7.05 Å². The van der Waals surface area contributed by atoms with Gasteiger partial charge in [-0.25, -0.2) is 0 Å². The summed E-state index contributed by atoms with van der Waals surface area (Å²) in [7, 11) is 1.69. The van der Waals surface area contributed by atoms with Crippen LogP contribution in [0.1, 0.15) is 23.2 Å². The van der Waals surface area contributed by atoms with E-state index < -0.39 is 4.92 Å². The lowest BCUT2D eigenvalue weighted by atomic mass is 10.1. The van der Waals surface area contributed by atoms with E-state index >= 15 is 0 Å². The second kappa shape index (κ2) is 4.33. The predicted molar refractivity (Wildman–Crippen MR) is 63.2 cm³/mol. The zero-order valence-electron chi connectivity index (χ0n) is 9.22. The van der Waals surface area contributed by atoms with Crippen LogP contribution in [-0.4, -0.2) is 28.8 Å². The molecule has 2 rings (SSSR count). The van der Waals surface area contributed by atoms with Crippen molar-refractivity contribution < 1.29 is 9.72 Å². The molecule has 90 valence electrons. The summed E-state index contributed by atoms with van der Waals surface area (Å²) in [4.78, 5) is 23.8. The van der Waals surface area contributed by atoms with Gasteiger partial charge in [-0.2, -0.15) is 0 Å². The van der Waals surface area contributed by atoms with Crippen LogP contribution < -0.4 is 0 Å². The Bertz CT molecular complexity index is 486. The van der Waals surface area contributed by atoms with Crippen molar-refractivity contribution in [3.05, 3.63) is 38.9 Å². The van der Waals surface area contributed by atoms with Gasteiger partial charge >= 0.3 is 0 Å². The molecule has 1 fully saturated rings. The van der Waals surface area contributed by atoms with Crippen LogP contribution in [0.3, 0.4) is 0 Å². The Kier molecular flexibility index (Phi) is 3.02. The highest BCUT2D eigenvalue weighted by molar-refractivity contribution is 6.35. The van der Waals surface area contributed by atoms with E-state index in [1.807, 2.05) is 0 Å². The SMILES string of the molecule is CN(C(=O)c1cccc([N+](=O)[O-])c1Cl)C1CC1. The van der Waals surface area contributed by atoms with E-state index in [4.69, 9.17) is 11.6 Å². The van der Waals surface area contributed by atoms with Crippen LogP contribution in [0.4, 0.5) is 5.69 Å². The van der Waals surface area contributed by atoms with Gasteiger partial charge in [0.1, 0.15) is 5.02 Å². The highest BCUT2D eigenvalue weighted by Crippen LogP contribution is 2.31. The molecule has 0 N–H and O–H groups in total. The number of hydrogen-bond donors (Lipinski definition) is 0. The molecule has 0 heterocycles. The molecular formula is C11H11ClN2O3. The molecule has 17 heavy (non-hydrogen) atoms. The molecule has 1 aliphatic rings. The van der Waals surface area contributed by atoms with Crippen LogP contribution in [0.15, 0.2) is 18.2 Å². The number of hydrogen-bond acceptors (Lipinski definition) is 3. The monoisotopic (exact) mass is 254 g/mol. The third-order valence-electron chi connectivity index (χ3n) is 2.82. The van der Waals surface area contributed by atoms with Crippen molar-refractivity contribution in [1.29, 1.82) is 0 Å². The Balaban J connectivity index is 2.34. The summed E-state index contributed by atoms with van der Waals surface area (Å²) < 4.78 is 0. The third-order valence-corrected chi connectivity index (χ3v) is 3.22. The van der Waals surface area contributed by atoms with Gasteiger partial charge in [0.2, 0.25) is 0 Å². The summed E-state index contributed by atoms with van der Waals surface area (Å²) in [6.45, 7) is 0. The summed E-state index contributed by atoms with van der Waals surface area (Å²) in [5.74, 6) is -0.263. The number of nitro groups is 1. The maximum Gasteiger partial charge on any atom is 0.288 e. The quantitative estimate of drug-likeness (QED) is 0.615. The fourth-order valence-electron chi connectivity index (χ4n) is 1.64. The van der Waals surface area contributed by atoms with E-state index in [2.05, 4.69) is 0 Å². The van der Waals surface area contributed by atoms with Crippen molar-refractivity contribution >= 4 is 23.2 Å². The summed E-state index contributed by atoms with van der Waals surface area (Å²) >= 11 is 5.88. The number of halogens is 1. The largest absolute Gasteiger partial charge is 0.339 e. The number of carbonyl (C=O) groups excluding carboxylic acids is 1. The van der Waals surface area contributed by atoms with Crippen LogP contribution in [0.25, 0.3) is 0 Å². The molecule has 0 atom stereocenters. The highest BCUT2D eigenvalue weighted by atomic mass is 35.5. The van der Waals surface area contributed by atoms with Gasteiger partial charge < -0.3 is 4.90 Å². The molecular weight excluding hydrogens is 244 g/mol. The summed E-state index contributed by atoms with van der Waals surface area (Å²) in [6.07, 6.45) is 1.96. The Morgan fingerprint density at radius 1 is 1.53 bits per heavy atom. The fourth-order valence-corrected chi connectivity index (χ4v) is 1.92. The minimum atomic E-state index is -0.587.